The lowest BCUT2D eigenvalue weighted by Crippen LogP contribution is -2.22. The molecule has 2 rings (SSSR count). The highest BCUT2D eigenvalue weighted by Gasteiger charge is 2.18. The quantitative estimate of drug-likeness (QED) is 0.870. The van der Waals surface area contributed by atoms with E-state index in [4.69, 9.17) is 4.98 Å². The van der Waals surface area contributed by atoms with Crippen LogP contribution in [0, 0.1) is 6.92 Å². The van der Waals surface area contributed by atoms with Crippen LogP contribution in [-0.2, 0) is 6.42 Å². The first-order valence-corrected chi connectivity index (χ1v) is 7.12. The van der Waals surface area contributed by atoms with Crippen LogP contribution in [0.15, 0.2) is 0 Å². The third-order valence-corrected chi connectivity index (χ3v) is 3.49. The van der Waals surface area contributed by atoms with Crippen molar-refractivity contribution in [2.45, 2.75) is 46.5 Å². The van der Waals surface area contributed by atoms with E-state index in [1.54, 1.807) is 0 Å². The monoisotopic (exact) mass is 248 g/mol. The average molecular weight is 248 g/mol. The standard InChI is InChI=1S/C14H24N4/c1-4-8-15-13-12(5-2)11(3)16-14(17-13)18-9-6-7-10-18/h4-10H2,1-3H3,(H,15,16,17). The van der Waals surface area contributed by atoms with Gasteiger partial charge in [0.05, 0.1) is 0 Å². The summed E-state index contributed by atoms with van der Waals surface area (Å²) in [5.41, 5.74) is 2.37. The number of anilines is 2. The Morgan fingerprint density at radius 3 is 2.50 bits per heavy atom. The van der Waals surface area contributed by atoms with Gasteiger partial charge in [-0.15, -0.1) is 0 Å². The molecule has 0 aliphatic carbocycles. The van der Waals surface area contributed by atoms with Crippen LogP contribution < -0.4 is 10.2 Å². The van der Waals surface area contributed by atoms with Crippen molar-refractivity contribution in [1.29, 1.82) is 0 Å². The Morgan fingerprint density at radius 1 is 1.17 bits per heavy atom. The fourth-order valence-electron chi connectivity index (χ4n) is 2.45. The van der Waals surface area contributed by atoms with Gasteiger partial charge in [0.25, 0.3) is 0 Å². The second kappa shape index (κ2) is 6.03. The minimum Gasteiger partial charge on any atom is -0.370 e. The minimum absolute atomic E-state index is 0.904. The van der Waals surface area contributed by atoms with Crippen LogP contribution in [0.4, 0.5) is 11.8 Å². The highest BCUT2D eigenvalue weighted by molar-refractivity contribution is 5.51. The Morgan fingerprint density at radius 2 is 1.89 bits per heavy atom. The summed E-state index contributed by atoms with van der Waals surface area (Å²) in [5, 5.41) is 3.44. The van der Waals surface area contributed by atoms with Gasteiger partial charge in [-0.1, -0.05) is 13.8 Å². The normalized spacial score (nSPS) is 15.2. The lowest BCUT2D eigenvalue weighted by Gasteiger charge is -2.19. The van der Waals surface area contributed by atoms with E-state index in [0.717, 1.165) is 49.9 Å². The maximum atomic E-state index is 4.73. The molecule has 1 aromatic rings. The van der Waals surface area contributed by atoms with Crippen molar-refractivity contribution >= 4 is 11.8 Å². The van der Waals surface area contributed by atoms with Gasteiger partial charge in [0.1, 0.15) is 5.82 Å². The van der Waals surface area contributed by atoms with Crippen LogP contribution in [0.25, 0.3) is 0 Å². The number of hydrogen-bond donors (Lipinski definition) is 1. The van der Waals surface area contributed by atoms with Crippen molar-refractivity contribution in [3.05, 3.63) is 11.3 Å². The van der Waals surface area contributed by atoms with E-state index in [9.17, 15) is 0 Å². The molecule has 18 heavy (non-hydrogen) atoms. The Hall–Kier alpha value is -1.32. The molecule has 4 nitrogen and oxygen atoms in total. The summed E-state index contributed by atoms with van der Waals surface area (Å²) in [6.07, 6.45) is 4.62. The fourth-order valence-corrected chi connectivity index (χ4v) is 2.45. The molecule has 0 radical (unpaired) electrons. The third-order valence-electron chi connectivity index (χ3n) is 3.49. The molecule has 4 heteroatoms. The number of nitrogens with one attached hydrogen (secondary N) is 1. The summed E-state index contributed by atoms with van der Waals surface area (Å²) in [6.45, 7) is 9.60. The first-order valence-electron chi connectivity index (χ1n) is 7.12. The predicted molar refractivity (Wildman–Crippen MR) is 76.4 cm³/mol. The largest absolute Gasteiger partial charge is 0.370 e. The van der Waals surface area contributed by atoms with Crippen molar-refractivity contribution < 1.29 is 0 Å². The molecule has 1 saturated heterocycles. The van der Waals surface area contributed by atoms with Crippen LogP contribution in [0.5, 0.6) is 0 Å². The van der Waals surface area contributed by atoms with Crippen LogP contribution in [0.2, 0.25) is 0 Å². The molecule has 0 atom stereocenters. The van der Waals surface area contributed by atoms with E-state index in [2.05, 4.69) is 36.0 Å². The molecule has 0 aromatic carbocycles. The topological polar surface area (TPSA) is 41.1 Å². The van der Waals surface area contributed by atoms with Crippen LogP contribution in [0.3, 0.4) is 0 Å². The van der Waals surface area contributed by atoms with Gasteiger partial charge in [0.15, 0.2) is 0 Å². The molecule has 1 N–H and O–H groups in total. The molecule has 2 heterocycles. The molecular weight excluding hydrogens is 224 g/mol. The second-order valence-electron chi connectivity index (χ2n) is 4.91. The molecular formula is C14H24N4. The zero-order valence-electron chi connectivity index (χ0n) is 11.8. The van der Waals surface area contributed by atoms with E-state index >= 15 is 0 Å². The van der Waals surface area contributed by atoms with Crippen LogP contribution in [0.1, 0.15) is 44.4 Å². The zero-order valence-corrected chi connectivity index (χ0v) is 11.8. The third kappa shape index (κ3) is 2.74. The van der Waals surface area contributed by atoms with Gasteiger partial charge < -0.3 is 10.2 Å². The van der Waals surface area contributed by atoms with E-state index in [-0.39, 0.29) is 0 Å². The van der Waals surface area contributed by atoms with Gasteiger partial charge in [0, 0.05) is 30.9 Å². The minimum atomic E-state index is 0.904. The van der Waals surface area contributed by atoms with Gasteiger partial charge >= 0.3 is 0 Å². The fraction of sp³-hybridized carbons (Fsp3) is 0.714. The maximum absolute atomic E-state index is 4.73. The predicted octanol–water partition coefficient (Wildman–Crippen LogP) is 2.77. The molecule has 1 fully saturated rings. The first-order chi connectivity index (χ1) is 8.76. The molecule has 1 aliphatic rings. The zero-order chi connectivity index (χ0) is 13.0. The highest BCUT2D eigenvalue weighted by Crippen LogP contribution is 2.23. The van der Waals surface area contributed by atoms with Crippen LogP contribution in [-0.4, -0.2) is 29.6 Å². The summed E-state index contributed by atoms with van der Waals surface area (Å²) < 4.78 is 0. The molecule has 1 aliphatic heterocycles. The Bertz CT molecular complexity index is 397. The van der Waals surface area contributed by atoms with Crippen molar-refractivity contribution in [1.82, 2.24) is 9.97 Å². The Kier molecular flexibility index (Phi) is 4.39. The maximum Gasteiger partial charge on any atom is 0.227 e. The molecule has 0 bridgehead atoms. The van der Waals surface area contributed by atoms with Crippen molar-refractivity contribution in [3.8, 4) is 0 Å². The van der Waals surface area contributed by atoms with Crippen molar-refractivity contribution in [3.63, 3.8) is 0 Å². The lowest BCUT2D eigenvalue weighted by atomic mass is 10.1. The summed E-state index contributed by atoms with van der Waals surface area (Å²) in [5.74, 6) is 1.94. The molecule has 0 amide bonds. The van der Waals surface area contributed by atoms with Gasteiger partial charge in [-0.25, -0.2) is 4.98 Å². The van der Waals surface area contributed by atoms with Crippen molar-refractivity contribution in [2.24, 2.45) is 0 Å². The number of aryl methyl sites for hydroxylation is 1. The summed E-state index contributed by atoms with van der Waals surface area (Å²) in [4.78, 5) is 11.7. The molecule has 0 saturated carbocycles. The van der Waals surface area contributed by atoms with Gasteiger partial charge in [0.2, 0.25) is 5.95 Å². The second-order valence-corrected chi connectivity index (χ2v) is 4.91. The summed E-state index contributed by atoms with van der Waals surface area (Å²) >= 11 is 0. The molecule has 0 spiro atoms. The Balaban J connectivity index is 2.28. The highest BCUT2D eigenvalue weighted by atomic mass is 15.3. The summed E-state index contributed by atoms with van der Waals surface area (Å²) in [7, 11) is 0. The van der Waals surface area contributed by atoms with E-state index in [1.165, 1.54) is 18.4 Å². The van der Waals surface area contributed by atoms with E-state index in [0.29, 0.717) is 0 Å². The number of hydrogen-bond acceptors (Lipinski definition) is 4. The lowest BCUT2D eigenvalue weighted by molar-refractivity contribution is 0.867. The number of aromatic nitrogens is 2. The Labute approximate surface area is 110 Å². The van der Waals surface area contributed by atoms with Crippen molar-refractivity contribution in [2.75, 3.05) is 29.9 Å². The van der Waals surface area contributed by atoms with Crippen LogP contribution >= 0.6 is 0 Å². The smallest absolute Gasteiger partial charge is 0.227 e. The van der Waals surface area contributed by atoms with E-state index in [1.807, 2.05) is 0 Å². The molecule has 100 valence electrons. The van der Waals surface area contributed by atoms with Gasteiger partial charge in [-0.05, 0) is 32.6 Å². The van der Waals surface area contributed by atoms with Gasteiger partial charge in [-0.2, -0.15) is 4.98 Å². The molecule has 1 aromatic heterocycles. The SMILES string of the molecule is CCCNc1nc(N2CCCC2)nc(C)c1CC. The molecule has 0 unspecified atom stereocenters. The van der Waals surface area contributed by atoms with E-state index < -0.39 is 0 Å². The van der Waals surface area contributed by atoms with Gasteiger partial charge in [-0.3, -0.25) is 0 Å². The number of nitrogens with zero attached hydrogens (tertiary/aromatic N) is 3. The first kappa shape index (κ1) is 13.1. The number of rotatable bonds is 5. The average Bonchev–Trinajstić information content (AvgIpc) is 2.89. The summed E-state index contributed by atoms with van der Waals surface area (Å²) in [6, 6.07) is 0.